The molecule has 2 rings (SSSR count). The molecule has 21 heavy (non-hydrogen) atoms. The first-order valence-corrected chi connectivity index (χ1v) is 9.38. The van der Waals surface area contributed by atoms with E-state index in [0.717, 1.165) is 50.4 Å². The van der Waals surface area contributed by atoms with E-state index in [0.29, 0.717) is 12.0 Å². The minimum Gasteiger partial charge on any atom is -0.444 e. The van der Waals surface area contributed by atoms with E-state index >= 15 is 0 Å². The van der Waals surface area contributed by atoms with E-state index in [-0.39, 0.29) is 6.09 Å². The third-order valence-corrected chi connectivity index (χ3v) is 5.40. The molecule has 122 valence electrons. The molecule has 1 N–H and O–H groups in total. The van der Waals surface area contributed by atoms with Gasteiger partial charge in [-0.25, -0.2) is 4.79 Å². The normalized spacial score (nSPS) is 30.4. The van der Waals surface area contributed by atoms with Crippen molar-refractivity contribution in [2.75, 3.05) is 31.1 Å². The van der Waals surface area contributed by atoms with Gasteiger partial charge in [-0.05, 0) is 52.5 Å². The van der Waals surface area contributed by atoms with Crippen molar-refractivity contribution >= 4 is 16.9 Å². The van der Waals surface area contributed by atoms with Crippen molar-refractivity contribution in [3.63, 3.8) is 0 Å². The quantitative estimate of drug-likeness (QED) is 0.862. The molecule has 0 aromatic heterocycles. The Balaban J connectivity index is 1.68. The van der Waals surface area contributed by atoms with Gasteiger partial charge in [0.2, 0.25) is 0 Å². The summed E-state index contributed by atoms with van der Waals surface area (Å²) in [5.41, 5.74) is -0.425. The summed E-state index contributed by atoms with van der Waals surface area (Å²) in [4.78, 5) is 13.8. The largest absolute Gasteiger partial charge is 0.444 e. The van der Waals surface area contributed by atoms with Crippen molar-refractivity contribution < 1.29 is 13.7 Å². The van der Waals surface area contributed by atoms with Crippen molar-refractivity contribution in [1.29, 1.82) is 0 Å². The number of nitrogens with one attached hydrogen (secondary N) is 1. The van der Waals surface area contributed by atoms with Gasteiger partial charge >= 0.3 is 6.09 Å². The molecule has 0 radical (unpaired) electrons. The van der Waals surface area contributed by atoms with Gasteiger partial charge in [0.25, 0.3) is 0 Å². The van der Waals surface area contributed by atoms with Crippen LogP contribution in [0.2, 0.25) is 0 Å². The van der Waals surface area contributed by atoms with Crippen LogP contribution in [0.25, 0.3) is 0 Å². The van der Waals surface area contributed by atoms with E-state index in [4.69, 9.17) is 4.74 Å². The van der Waals surface area contributed by atoms with Crippen molar-refractivity contribution in [3.8, 4) is 0 Å². The summed E-state index contributed by atoms with van der Waals surface area (Å²) in [5.74, 6) is 2.16. The van der Waals surface area contributed by atoms with Gasteiger partial charge in [0.05, 0.1) is 0 Å². The summed E-state index contributed by atoms with van der Waals surface area (Å²) in [5, 5.41) is 3.58. The number of amides is 1. The molecular weight excluding hydrogens is 288 g/mol. The maximum Gasteiger partial charge on any atom is 0.410 e. The first kappa shape index (κ1) is 16.7. The third-order valence-electron chi connectivity index (χ3n) is 4.02. The Morgan fingerprint density at radius 1 is 1.29 bits per heavy atom. The molecule has 5 nitrogen and oxygen atoms in total. The molecule has 2 saturated heterocycles. The van der Waals surface area contributed by atoms with Crippen LogP contribution in [0, 0.1) is 5.92 Å². The van der Waals surface area contributed by atoms with Crippen LogP contribution in [-0.4, -0.2) is 58.0 Å². The van der Waals surface area contributed by atoms with E-state index in [2.05, 4.69) is 5.32 Å². The Kier molecular flexibility index (Phi) is 5.66. The summed E-state index contributed by atoms with van der Waals surface area (Å²) < 4.78 is 16.7. The molecule has 1 atom stereocenters. The number of nitrogens with zero attached hydrogens (tertiary/aromatic N) is 1. The van der Waals surface area contributed by atoms with E-state index in [1.165, 1.54) is 0 Å². The molecule has 0 bridgehead atoms. The summed E-state index contributed by atoms with van der Waals surface area (Å²) in [6, 6.07) is 0.498. The minimum absolute atomic E-state index is 0.196. The lowest BCUT2D eigenvalue weighted by Gasteiger charge is -2.25. The van der Waals surface area contributed by atoms with Crippen molar-refractivity contribution in [2.24, 2.45) is 5.92 Å². The lowest BCUT2D eigenvalue weighted by atomic mass is 10.1. The Morgan fingerprint density at radius 3 is 2.57 bits per heavy atom. The van der Waals surface area contributed by atoms with Crippen LogP contribution in [0.1, 0.15) is 40.0 Å². The third kappa shape index (κ3) is 5.58. The Hall–Kier alpha value is -0.620. The second-order valence-corrected chi connectivity index (χ2v) is 8.81. The molecule has 1 amide bonds. The number of likely N-dealkylation sites (tertiary alicyclic amines) is 1. The second-order valence-electron chi connectivity index (χ2n) is 7.11. The van der Waals surface area contributed by atoms with Gasteiger partial charge in [-0.2, -0.15) is 0 Å². The fourth-order valence-corrected chi connectivity index (χ4v) is 4.12. The maximum absolute atomic E-state index is 12.0. The number of rotatable bonds is 3. The van der Waals surface area contributed by atoms with Crippen LogP contribution in [-0.2, 0) is 15.5 Å². The zero-order chi connectivity index (χ0) is 15.5. The van der Waals surface area contributed by atoms with Gasteiger partial charge in [0.1, 0.15) is 5.60 Å². The smallest absolute Gasteiger partial charge is 0.410 e. The highest BCUT2D eigenvalue weighted by Gasteiger charge is 2.30. The summed E-state index contributed by atoms with van der Waals surface area (Å²) in [6.45, 7) is 8.19. The highest BCUT2D eigenvalue weighted by Crippen LogP contribution is 2.19. The number of carbonyl (C=O) groups excluding carboxylic acids is 1. The van der Waals surface area contributed by atoms with Crippen LogP contribution < -0.4 is 5.32 Å². The first-order valence-electron chi connectivity index (χ1n) is 7.90. The Labute approximate surface area is 130 Å². The molecule has 1 unspecified atom stereocenters. The van der Waals surface area contributed by atoms with Gasteiger partial charge in [-0.1, -0.05) is 0 Å². The zero-order valence-electron chi connectivity index (χ0n) is 13.4. The van der Waals surface area contributed by atoms with Gasteiger partial charge < -0.3 is 15.0 Å². The van der Waals surface area contributed by atoms with Crippen LogP contribution >= 0.6 is 0 Å². The highest BCUT2D eigenvalue weighted by atomic mass is 32.2. The fourth-order valence-electron chi connectivity index (χ4n) is 2.82. The molecule has 2 fully saturated rings. The number of hydrogen-bond acceptors (Lipinski definition) is 4. The van der Waals surface area contributed by atoms with Gasteiger partial charge in [-0.3, -0.25) is 4.21 Å². The van der Waals surface area contributed by atoms with E-state index in [1.54, 1.807) is 0 Å². The molecule has 2 heterocycles. The lowest BCUT2D eigenvalue weighted by Crippen LogP contribution is -2.39. The average Bonchev–Trinajstić information content (AvgIpc) is 2.85. The minimum atomic E-state index is -0.598. The predicted molar refractivity (Wildman–Crippen MR) is 84.8 cm³/mol. The molecule has 2 aliphatic heterocycles. The van der Waals surface area contributed by atoms with Gasteiger partial charge in [0.15, 0.2) is 0 Å². The number of ether oxygens (including phenoxy) is 1. The molecule has 0 aromatic rings. The summed E-state index contributed by atoms with van der Waals surface area (Å²) >= 11 is 0. The Morgan fingerprint density at radius 2 is 1.95 bits per heavy atom. The molecule has 0 aromatic carbocycles. The van der Waals surface area contributed by atoms with Gasteiger partial charge in [0, 0.05) is 41.4 Å². The van der Waals surface area contributed by atoms with E-state index in [9.17, 15) is 9.00 Å². The van der Waals surface area contributed by atoms with Crippen molar-refractivity contribution in [2.45, 2.75) is 51.7 Å². The predicted octanol–water partition coefficient (Wildman–Crippen LogP) is 1.74. The topological polar surface area (TPSA) is 58.6 Å². The number of hydrogen-bond donors (Lipinski definition) is 1. The SMILES string of the molecule is CC(C)(C)OC(=O)N1CCC(CNC2CCS(=O)CC2)C1. The van der Waals surface area contributed by atoms with Crippen LogP contribution in [0.15, 0.2) is 0 Å². The zero-order valence-corrected chi connectivity index (χ0v) is 14.2. The number of carbonyl (C=O) groups is 1. The average molecular weight is 316 g/mol. The molecule has 2 aliphatic rings. The van der Waals surface area contributed by atoms with Crippen LogP contribution in [0.4, 0.5) is 4.79 Å². The lowest BCUT2D eigenvalue weighted by molar-refractivity contribution is 0.0288. The van der Waals surface area contributed by atoms with Crippen LogP contribution in [0.3, 0.4) is 0 Å². The molecule has 6 heteroatoms. The first-order chi connectivity index (χ1) is 9.83. The summed E-state index contributed by atoms with van der Waals surface area (Å²) in [6.07, 6.45) is 2.85. The van der Waals surface area contributed by atoms with Crippen molar-refractivity contribution in [1.82, 2.24) is 10.2 Å². The van der Waals surface area contributed by atoms with Crippen LogP contribution in [0.5, 0.6) is 0 Å². The summed E-state index contributed by atoms with van der Waals surface area (Å²) in [7, 11) is -0.598. The monoisotopic (exact) mass is 316 g/mol. The van der Waals surface area contributed by atoms with E-state index in [1.807, 2.05) is 25.7 Å². The Bertz CT molecular complexity index is 385. The highest BCUT2D eigenvalue weighted by molar-refractivity contribution is 7.85. The van der Waals surface area contributed by atoms with Crippen molar-refractivity contribution in [3.05, 3.63) is 0 Å². The molecular formula is C15H28N2O3S. The van der Waals surface area contributed by atoms with E-state index < -0.39 is 16.4 Å². The molecule has 0 spiro atoms. The molecule has 0 aliphatic carbocycles. The fraction of sp³-hybridized carbons (Fsp3) is 0.933. The second kappa shape index (κ2) is 7.09. The van der Waals surface area contributed by atoms with Gasteiger partial charge in [-0.15, -0.1) is 0 Å². The molecule has 0 saturated carbocycles. The maximum atomic E-state index is 12.0. The standard InChI is InChI=1S/C15H28N2O3S/c1-15(2,3)20-14(18)17-7-4-12(11-17)10-16-13-5-8-21(19)9-6-13/h12-13,16H,4-11H2,1-3H3.